The number of ketones is 2. The van der Waals surface area contributed by atoms with Gasteiger partial charge in [-0.1, -0.05) is 134 Å². The van der Waals surface area contributed by atoms with Gasteiger partial charge in [0.2, 0.25) is 5.78 Å². The Balaban J connectivity index is 0.000000837. The van der Waals surface area contributed by atoms with Gasteiger partial charge in [0.25, 0.3) is 0 Å². The van der Waals surface area contributed by atoms with E-state index in [0.29, 0.717) is 34.9 Å². The molecule has 2 aromatic rings. The summed E-state index contributed by atoms with van der Waals surface area (Å²) in [5.41, 5.74) is 6.25. The Hall–Kier alpha value is -3.28. The van der Waals surface area contributed by atoms with Gasteiger partial charge in [-0.05, 0) is 74.5 Å². The van der Waals surface area contributed by atoms with E-state index in [4.69, 9.17) is 14.5 Å². The molecule has 1 aliphatic rings. The number of carbonyl (C=O) groups excluding carboxylic acids is 2. The van der Waals surface area contributed by atoms with Crippen molar-refractivity contribution in [2.45, 2.75) is 180 Å². The van der Waals surface area contributed by atoms with Crippen molar-refractivity contribution in [2.24, 2.45) is 16.7 Å². The Morgan fingerprint density at radius 3 is 1.85 bits per heavy atom. The predicted molar refractivity (Wildman–Crippen MR) is 221 cm³/mol. The number of carboxylic acid groups (broad SMARTS) is 1. The second-order valence-electron chi connectivity index (χ2n) is 17.6. The van der Waals surface area contributed by atoms with Gasteiger partial charge in [-0.15, -0.1) is 0 Å². The van der Waals surface area contributed by atoms with Gasteiger partial charge in [0.15, 0.2) is 11.3 Å². The van der Waals surface area contributed by atoms with Crippen molar-refractivity contribution in [3.63, 3.8) is 0 Å². The molecule has 1 aliphatic carbocycles. The fourth-order valence-corrected chi connectivity index (χ4v) is 5.54. The van der Waals surface area contributed by atoms with Gasteiger partial charge in [-0.2, -0.15) is 0 Å². The van der Waals surface area contributed by atoms with Crippen molar-refractivity contribution in [1.29, 1.82) is 0 Å². The van der Waals surface area contributed by atoms with Gasteiger partial charge in [0.1, 0.15) is 11.3 Å². The first kappa shape index (κ1) is 48.7. The van der Waals surface area contributed by atoms with Crippen LogP contribution in [0.2, 0.25) is 0 Å². The Labute approximate surface area is 318 Å². The third kappa shape index (κ3) is 17.0. The maximum absolute atomic E-state index is 12.4. The highest BCUT2D eigenvalue weighted by Gasteiger charge is 2.31. The van der Waals surface area contributed by atoms with Crippen molar-refractivity contribution in [3.05, 3.63) is 64.6 Å². The van der Waals surface area contributed by atoms with E-state index in [1.54, 1.807) is 13.0 Å². The van der Waals surface area contributed by atoms with Gasteiger partial charge in [0, 0.05) is 41.0 Å². The van der Waals surface area contributed by atoms with Crippen LogP contribution >= 0.6 is 0 Å². The molecule has 1 fully saturated rings. The summed E-state index contributed by atoms with van der Waals surface area (Å²) in [5.74, 6) is 0.329. The van der Waals surface area contributed by atoms with Crippen molar-refractivity contribution >= 4 is 28.6 Å². The number of fused-ring (bicyclic) bond motifs is 1. The van der Waals surface area contributed by atoms with Crippen LogP contribution in [0.3, 0.4) is 0 Å². The monoisotopic (exact) mass is 722 g/mol. The van der Waals surface area contributed by atoms with E-state index in [9.17, 15) is 14.4 Å². The molecule has 0 amide bonds. The van der Waals surface area contributed by atoms with Crippen LogP contribution in [-0.4, -0.2) is 27.6 Å². The summed E-state index contributed by atoms with van der Waals surface area (Å²) in [4.78, 5) is 38.9. The van der Waals surface area contributed by atoms with Gasteiger partial charge >= 0.3 is 5.97 Å². The molecule has 2 heterocycles. The molecule has 6 nitrogen and oxygen atoms in total. The first-order chi connectivity index (χ1) is 23.9. The average molecular weight is 722 g/mol. The highest BCUT2D eigenvalue weighted by Crippen LogP contribution is 2.43. The SMILES string of the molecule is C=C(C)/C(=C\C=C(\C)CCC)C(=O)O.CC(C)C(=O)c1cc2nc(C3CCC(C)(C)CC3)cc(C(C)(C)C)c2o1.CCC(=O)C(C)(C)C.CCCC. The van der Waals surface area contributed by atoms with E-state index < -0.39 is 5.97 Å². The van der Waals surface area contributed by atoms with Crippen LogP contribution in [0.25, 0.3) is 11.1 Å². The van der Waals surface area contributed by atoms with Crippen molar-refractivity contribution in [2.75, 3.05) is 0 Å². The minimum Gasteiger partial charge on any atom is -0.478 e. The minimum atomic E-state index is -0.918. The van der Waals surface area contributed by atoms with E-state index in [-0.39, 0.29) is 28.1 Å². The molecule has 3 rings (SSSR count). The number of hydrogen-bond acceptors (Lipinski definition) is 5. The third-order valence-corrected chi connectivity index (χ3v) is 9.36. The summed E-state index contributed by atoms with van der Waals surface area (Å²) in [7, 11) is 0. The smallest absolute Gasteiger partial charge is 0.335 e. The molecule has 294 valence electrons. The predicted octanol–water partition coefficient (Wildman–Crippen LogP) is 13.8. The molecule has 52 heavy (non-hydrogen) atoms. The Morgan fingerprint density at radius 1 is 0.942 bits per heavy atom. The molecule has 0 bridgehead atoms. The molecule has 0 unspecified atom stereocenters. The number of carbonyl (C=O) groups is 3. The molecular formula is C46H75NO5. The summed E-state index contributed by atoms with van der Waals surface area (Å²) in [5, 5.41) is 8.83. The lowest BCUT2D eigenvalue weighted by Gasteiger charge is -2.34. The zero-order valence-corrected chi connectivity index (χ0v) is 36.1. The first-order valence-electron chi connectivity index (χ1n) is 19.7. The number of aromatic nitrogens is 1. The topological polar surface area (TPSA) is 97.5 Å². The van der Waals surface area contributed by atoms with Crippen molar-refractivity contribution in [1.82, 2.24) is 4.98 Å². The van der Waals surface area contributed by atoms with Gasteiger partial charge in [-0.3, -0.25) is 9.59 Å². The summed E-state index contributed by atoms with van der Waals surface area (Å²) in [6, 6.07) is 4.08. The maximum Gasteiger partial charge on any atom is 0.335 e. The van der Waals surface area contributed by atoms with E-state index in [2.05, 4.69) is 68.0 Å². The maximum atomic E-state index is 12.4. The highest BCUT2D eigenvalue weighted by atomic mass is 16.4. The van der Waals surface area contributed by atoms with Crippen molar-refractivity contribution in [3.8, 4) is 0 Å². The first-order valence-corrected chi connectivity index (χ1v) is 19.7. The van der Waals surface area contributed by atoms with Crippen LogP contribution in [0, 0.1) is 16.7 Å². The van der Waals surface area contributed by atoms with Crippen LogP contribution in [0.5, 0.6) is 0 Å². The zero-order chi connectivity index (χ0) is 40.6. The van der Waals surface area contributed by atoms with E-state index in [1.165, 1.54) is 49.8 Å². The molecule has 0 atom stereocenters. The molecule has 1 N–H and O–H groups in total. The number of aliphatic carboxylic acids is 1. The van der Waals surface area contributed by atoms with Crippen molar-refractivity contribution < 1.29 is 23.9 Å². The number of Topliss-reactive ketones (excluding diaryl/α,β-unsaturated/α-hetero) is 2. The third-order valence-electron chi connectivity index (χ3n) is 9.36. The summed E-state index contributed by atoms with van der Waals surface area (Å²) < 4.78 is 6.01. The fourth-order valence-electron chi connectivity index (χ4n) is 5.54. The number of furan rings is 1. The molecule has 0 radical (unpaired) electrons. The number of rotatable bonds is 10. The number of carboxylic acids is 1. The molecule has 0 aliphatic heterocycles. The van der Waals surface area contributed by atoms with Gasteiger partial charge in [-0.25, -0.2) is 9.78 Å². The lowest BCUT2D eigenvalue weighted by Crippen LogP contribution is -2.21. The number of nitrogens with zero attached hydrogens (tertiary/aromatic N) is 1. The molecule has 1 saturated carbocycles. The molecule has 0 saturated heterocycles. The van der Waals surface area contributed by atoms with Crippen LogP contribution in [0.4, 0.5) is 0 Å². The minimum absolute atomic E-state index is 0.0452. The fraction of sp³-hybridized carbons (Fsp3) is 0.652. The standard InChI is InChI=1S/C23H33NO2.C12H18O2.C7H14O.C4H10/c1-14(2)20(25)19-13-18-21(26-19)16(22(3,4)5)12-17(24-18)15-8-10-23(6,7)11-9-15;1-5-6-10(4)7-8-11(9(2)3)12(13)14;1-5-6(8)7(2,3)4;1-3-4-2/h12-15H,8-11H2,1-7H3;7-8H,2,5-6H2,1,3-4H3,(H,13,14);5H2,1-4H3;3-4H2,1-2H3/b;10-7-,11-8+;;. The zero-order valence-electron chi connectivity index (χ0n) is 36.1. The summed E-state index contributed by atoms with van der Waals surface area (Å²) >= 11 is 0. The second kappa shape index (κ2) is 22.1. The lowest BCUT2D eigenvalue weighted by atomic mass is 9.72. The second-order valence-corrected chi connectivity index (χ2v) is 17.6. The quantitative estimate of drug-likeness (QED) is 0.149. The largest absolute Gasteiger partial charge is 0.478 e. The number of unbranched alkanes of at least 4 members (excludes halogenated alkanes) is 1. The number of pyridine rings is 1. The van der Waals surface area contributed by atoms with Crippen LogP contribution in [-0.2, 0) is 15.0 Å². The Morgan fingerprint density at radius 2 is 1.48 bits per heavy atom. The van der Waals surface area contributed by atoms with Crippen LogP contribution < -0.4 is 0 Å². The molecule has 0 aromatic carbocycles. The molecule has 0 spiro atoms. The number of hydrogen-bond donors (Lipinski definition) is 1. The van der Waals surface area contributed by atoms with E-state index in [0.717, 1.165) is 29.5 Å². The number of allylic oxidation sites excluding steroid dienone is 3. The molecule has 2 aromatic heterocycles. The van der Waals surface area contributed by atoms with Crippen LogP contribution in [0.15, 0.2) is 52.0 Å². The Kier molecular flexibility index (Phi) is 20.7. The van der Waals surface area contributed by atoms with Gasteiger partial charge < -0.3 is 9.52 Å². The highest BCUT2D eigenvalue weighted by molar-refractivity contribution is 5.98. The molecular weight excluding hydrogens is 647 g/mol. The van der Waals surface area contributed by atoms with E-state index >= 15 is 0 Å². The Bertz CT molecular complexity index is 1490. The van der Waals surface area contributed by atoms with Crippen LogP contribution in [0.1, 0.15) is 196 Å². The average Bonchev–Trinajstić information content (AvgIpc) is 3.47. The molecule has 6 heteroatoms. The summed E-state index contributed by atoms with van der Waals surface area (Å²) in [6.07, 6.45) is 13.7. The lowest BCUT2D eigenvalue weighted by molar-refractivity contribution is -0.132. The normalized spacial score (nSPS) is 15.1. The van der Waals surface area contributed by atoms with Gasteiger partial charge in [0.05, 0.1) is 5.57 Å². The summed E-state index contributed by atoms with van der Waals surface area (Å²) in [6.45, 7) is 36.6. The van der Waals surface area contributed by atoms with E-state index in [1.807, 2.05) is 60.6 Å².